The van der Waals surface area contributed by atoms with Crippen molar-refractivity contribution in [2.45, 2.75) is 124 Å². The second-order valence-electron chi connectivity index (χ2n) is 20.9. The molecule has 0 atom stereocenters. The van der Waals surface area contributed by atoms with Gasteiger partial charge in [-0.15, -0.1) is 0 Å². The van der Waals surface area contributed by atoms with Crippen LogP contribution in [0.25, 0.3) is 0 Å². The van der Waals surface area contributed by atoms with Gasteiger partial charge in [-0.2, -0.15) is 0 Å². The van der Waals surface area contributed by atoms with Gasteiger partial charge in [-0.25, -0.2) is 0 Å². The zero-order valence-corrected chi connectivity index (χ0v) is 36.2. The topological polar surface area (TPSA) is 6.48 Å². The van der Waals surface area contributed by atoms with E-state index in [1.165, 1.54) is 78.0 Å². The van der Waals surface area contributed by atoms with E-state index < -0.39 is 8.07 Å². The van der Waals surface area contributed by atoms with Crippen LogP contribution >= 0.6 is 0 Å². The lowest BCUT2D eigenvalue weighted by molar-refractivity contribution is 0.590. The summed E-state index contributed by atoms with van der Waals surface area (Å²) in [4.78, 5) is 5.18. The van der Waals surface area contributed by atoms with Crippen LogP contribution in [0, 0.1) is 0 Å². The molecule has 0 fully saturated rings. The van der Waals surface area contributed by atoms with E-state index in [0.29, 0.717) is 0 Å². The third-order valence-electron chi connectivity index (χ3n) is 11.6. The van der Waals surface area contributed by atoms with Crippen molar-refractivity contribution >= 4 is 70.5 Å². The molecule has 2 aliphatic rings. The Bertz CT molecular complexity index is 2050. The molecular weight excluding hydrogens is 655 g/mol. The number of nitrogens with zero attached hydrogens (tertiary/aromatic N) is 2. The van der Waals surface area contributed by atoms with Crippen molar-refractivity contribution in [3.8, 4) is 0 Å². The maximum Gasteiger partial charge on any atom is 0.252 e. The van der Waals surface area contributed by atoms with Crippen molar-refractivity contribution in [3.05, 3.63) is 119 Å². The Morgan fingerprint density at radius 1 is 0.396 bits per heavy atom. The molecular formula is C49H61BN2Si. The standard InChI is InChI=1S/C49H61BN2Si/c1-46(2,3)32-16-22-36(23-17-32)51-41-26-20-34(48(7,8)9)28-39(41)50-40-29-35(49(10,11)12)21-27-42(40)52(37-24-18-33(19-25-37)47(4,5)6)44-31-38(53(13,14)15)30-43(51)45(44)50/h16-31H,1-15H3. The molecule has 2 nitrogen and oxygen atoms in total. The van der Waals surface area contributed by atoms with Crippen molar-refractivity contribution in [2.24, 2.45) is 0 Å². The van der Waals surface area contributed by atoms with E-state index in [0.717, 1.165) is 0 Å². The molecule has 2 heterocycles. The summed E-state index contributed by atoms with van der Waals surface area (Å²) in [5.41, 5.74) is 17.5. The minimum atomic E-state index is -1.77. The molecule has 5 aromatic carbocycles. The van der Waals surface area contributed by atoms with E-state index in [2.05, 4.69) is 210 Å². The lowest BCUT2D eigenvalue weighted by Gasteiger charge is -2.45. The minimum absolute atomic E-state index is 0.0185. The van der Waals surface area contributed by atoms with Gasteiger partial charge >= 0.3 is 0 Å². The highest BCUT2D eigenvalue weighted by Gasteiger charge is 2.45. The van der Waals surface area contributed by atoms with E-state index in [-0.39, 0.29) is 28.4 Å². The van der Waals surface area contributed by atoms with Crippen LogP contribution in [0.3, 0.4) is 0 Å². The summed E-state index contributed by atoms with van der Waals surface area (Å²) in [6.45, 7) is 35.4. The van der Waals surface area contributed by atoms with Gasteiger partial charge < -0.3 is 9.80 Å². The maximum absolute atomic E-state index is 2.59. The smallest absolute Gasteiger partial charge is 0.252 e. The molecule has 0 spiro atoms. The molecule has 0 aliphatic carbocycles. The molecule has 5 aromatic rings. The molecule has 0 bridgehead atoms. The molecule has 2 aliphatic heterocycles. The van der Waals surface area contributed by atoms with Crippen LogP contribution in [0.1, 0.15) is 105 Å². The molecule has 4 heteroatoms. The number of anilines is 6. The fourth-order valence-electron chi connectivity index (χ4n) is 8.15. The lowest BCUT2D eigenvalue weighted by Crippen LogP contribution is -2.62. The quantitative estimate of drug-likeness (QED) is 0.168. The molecule has 274 valence electrons. The third kappa shape index (κ3) is 6.60. The van der Waals surface area contributed by atoms with Crippen molar-refractivity contribution in [2.75, 3.05) is 9.80 Å². The Hall–Kier alpha value is -4.02. The van der Waals surface area contributed by atoms with Gasteiger partial charge in [0, 0.05) is 34.1 Å². The molecule has 0 aromatic heterocycles. The molecule has 7 rings (SSSR count). The van der Waals surface area contributed by atoms with Gasteiger partial charge in [0.1, 0.15) is 0 Å². The highest BCUT2D eigenvalue weighted by molar-refractivity contribution is 7.00. The van der Waals surface area contributed by atoms with Crippen LogP contribution in [0.4, 0.5) is 34.1 Å². The van der Waals surface area contributed by atoms with Crippen molar-refractivity contribution in [3.63, 3.8) is 0 Å². The van der Waals surface area contributed by atoms with Gasteiger partial charge in [0.15, 0.2) is 0 Å². The molecule has 0 saturated heterocycles. The van der Waals surface area contributed by atoms with Crippen molar-refractivity contribution in [1.29, 1.82) is 0 Å². The monoisotopic (exact) mass is 716 g/mol. The fraction of sp³-hybridized carbons (Fsp3) is 0.388. The van der Waals surface area contributed by atoms with Crippen LogP contribution in [0.15, 0.2) is 97.1 Å². The number of rotatable bonds is 3. The summed E-state index contributed by atoms with van der Waals surface area (Å²) in [6.07, 6.45) is 0. The molecule has 0 amide bonds. The second kappa shape index (κ2) is 12.3. The normalized spacial score (nSPS) is 14.6. The average Bonchev–Trinajstić information content (AvgIpc) is 3.05. The van der Waals surface area contributed by atoms with Gasteiger partial charge in [0.05, 0.1) is 8.07 Å². The van der Waals surface area contributed by atoms with Crippen molar-refractivity contribution in [1.82, 2.24) is 0 Å². The van der Waals surface area contributed by atoms with Crippen LogP contribution < -0.4 is 31.4 Å². The number of benzene rings is 5. The summed E-state index contributed by atoms with van der Waals surface area (Å²) in [7, 11) is -1.77. The van der Waals surface area contributed by atoms with Crippen LogP contribution in [-0.4, -0.2) is 14.8 Å². The molecule has 0 saturated carbocycles. The zero-order chi connectivity index (χ0) is 38.6. The maximum atomic E-state index is 2.59. The predicted octanol–water partition coefficient (Wildman–Crippen LogP) is 11.5. The fourth-order valence-corrected chi connectivity index (χ4v) is 9.29. The molecule has 0 unspecified atom stereocenters. The first kappa shape index (κ1) is 37.3. The number of fused-ring (bicyclic) bond motifs is 4. The first-order valence-corrected chi connectivity index (χ1v) is 23.2. The lowest BCUT2D eigenvalue weighted by atomic mass is 9.33. The van der Waals surface area contributed by atoms with Gasteiger partial charge in [-0.1, -0.05) is 156 Å². The Morgan fingerprint density at radius 3 is 1.02 bits per heavy atom. The first-order valence-electron chi connectivity index (χ1n) is 19.7. The Labute approximate surface area is 322 Å². The van der Waals surface area contributed by atoms with E-state index in [1.54, 1.807) is 0 Å². The summed E-state index contributed by atoms with van der Waals surface area (Å²) in [5, 5.41) is 1.47. The summed E-state index contributed by atoms with van der Waals surface area (Å²) >= 11 is 0. The molecule has 0 radical (unpaired) electrons. The first-order chi connectivity index (χ1) is 24.4. The molecule has 53 heavy (non-hydrogen) atoms. The number of hydrogen-bond donors (Lipinski definition) is 0. The van der Waals surface area contributed by atoms with Crippen LogP contribution in [-0.2, 0) is 21.7 Å². The summed E-state index contributed by atoms with van der Waals surface area (Å²) in [6, 6.07) is 38.6. The number of hydrogen-bond acceptors (Lipinski definition) is 2. The van der Waals surface area contributed by atoms with E-state index in [1.807, 2.05) is 0 Å². The predicted molar refractivity (Wildman–Crippen MR) is 238 cm³/mol. The van der Waals surface area contributed by atoms with Crippen LogP contribution in [0.2, 0.25) is 19.6 Å². The zero-order valence-electron chi connectivity index (χ0n) is 35.2. The Kier molecular flexibility index (Phi) is 8.62. The molecule has 0 N–H and O–H groups in total. The van der Waals surface area contributed by atoms with E-state index in [9.17, 15) is 0 Å². The summed E-state index contributed by atoms with van der Waals surface area (Å²) in [5.74, 6) is 0. The average molecular weight is 717 g/mol. The van der Waals surface area contributed by atoms with Crippen molar-refractivity contribution < 1.29 is 0 Å². The van der Waals surface area contributed by atoms with Crippen LogP contribution in [0.5, 0.6) is 0 Å². The van der Waals surface area contributed by atoms with Gasteiger partial charge in [0.25, 0.3) is 6.71 Å². The van der Waals surface area contributed by atoms with E-state index in [4.69, 9.17) is 0 Å². The minimum Gasteiger partial charge on any atom is -0.311 e. The Morgan fingerprint density at radius 2 is 0.717 bits per heavy atom. The van der Waals surface area contributed by atoms with Gasteiger partial charge in [-0.05, 0) is 109 Å². The summed E-state index contributed by atoms with van der Waals surface area (Å²) < 4.78 is 0. The van der Waals surface area contributed by atoms with Gasteiger partial charge in [0.2, 0.25) is 0 Å². The van der Waals surface area contributed by atoms with E-state index >= 15 is 0 Å². The third-order valence-corrected chi connectivity index (χ3v) is 13.7. The second-order valence-corrected chi connectivity index (χ2v) is 26.0. The highest BCUT2D eigenvalue weighted by Crippen LogP contribution is 2.45. The van der Waals surface area contributed by atoms with Gasteiger partial charge in [-0.3, -0.25) is 0 Å². The Balaban J connectivity index is 1.61. The largest absolute Gasteiger partial charge is 0.311 e. The highest BCUT2D eigenvalue weighted by atomic mass is 28.3. The SMILES string of the molecule is CC(C)(C)c1ccc(N2c3ccc(C(C)(C)C)cc3B3c4cc(C(C)(C)C)ccc4N(c4ccc(C(C)(C)C)cc4)c4cc([Si](C)(C)C)cc2c43)cc1.